The second-order valence-electron chi connectivity index (χ2n) is 7.26. The van der Waals surface area contributed by atoms with E-state index in [4.69, 9.17) is 34.8 Å². The fourth-order valence-electron chi connectivity index (χ4n) is 3.68. The maximum atomic E-state index is 12.9. The third-order valence-electron chi connectivity index (χ3n) is 5.13. The molecule has 2 fully saturated rings. The topological polar surface area (TPSA) is 111 Å². The Hall–Kier alpha value is -2.52. The number of carbonyl (C=O) groups excluding carboxylic acids is 3. The zero-order chi connectivity index (χ0) is 22.1. The van der Waals surface area contributed by atoms with Crippen LogP contribution in [0.1, 0.15) is 6.42 Å². The first-order valence-electron chi connectivity index (χ1n) is 9.44. The molecule has 0 aromatic heterocycles. The number of anilines is 2. The lowest BCUT2D eigenvalue weighted by atomic mass is 9.81. The first-order chi connectivity index (χ1) is 14.8. The van der Waals surface area contributed by atoms with E-state index in [2.05, 4.69) is 26.6 Å². The largest absolute Gasteiger partial charge is 0.353 e. The molecule has 4 atom stereocenters. The Morgan fingerprint density at radius 1 is 0.935 bits per heavy atom. The van der Waals surface area contributed by atoms with Gasteiger partial charge >= 0.3 is 0 Å². The molecule has 0 aliphatic carbocycles. The Balaban J connectivity index is 1.48. The van der Waals surface area contributed by atoms with Gasteiger partial charge in [-0.3, -0.25) is 19.7 Å². The number of fused-ring (bicyclic) bond motifs is 1. The van der Waals surface area contributed by atoms with Gasteiger partial charge in [-0.2, -0.15) is 0 Å². The van der Waals surface area contributed by atoms with Crippen LogP contribution >= 0.6 is 34.8 Å². The quantitative estimate of drug-likeness (QED) is 0.460. The minimum Gasteiger partial charge on any atom is -0.353 e. The summed E-state index contributed by atoms with van der Waals surface area (Å²) in [5, 5.41) is 15.7. The van der Waals surface area contributed by atoms with Crippen molar-refractivity contribution in [2.45, 2.75) is 18.9 Å². The fraction of sp³-hybridized carbons (Fsp3) is 0.250. The van der Waals surface area contributed by atoms with E-state index >= 15 is 0 Å². The van der Waals surface area contributed by atoms with Crippen LogP contribution in [-0.2, 0) is 14.4 Å². The van der Waals surface area contributed by atoms with Crippen LogP contribution in [0.5, 0.6) is 0 Å². The molecule has 2 aromatic rings. The van der Waals surface area contributed by atoms with Crippen molar-refractivity contribution in [3.05, 3.63) is 57.5 Å². The molecule has 4 unspecified atom stereocenters. The number of hydrogen-bond acceptors (Lipinski definition) is 5. The summed E-state index contributed by atoms with van der Waals surface area (Å²) in [6.07, 6.45) is -1.48. The van der Waals surface area contributed by atoms with E-state index in [1.54, 1.807) is 36.4 Å². The standard InChI is InChI=1S/C20H18Cl3N5O3/c21-9-1-3-10(4-2-9)25-20-27-17-16(19(31)28-20)12(8-15(29)26-17)18(30)24-11-5-6-13(22)14(23)7-11/h1-7,12,16-17,20,25,27H,8H2,(H,24,30)(H,26,29)(H,28,31). The second-order valence-corrected chi connectivity index (χ2v) is 8.51. The summed E-state index contributed by atoms with van der Waals surface area (Å²) in [6, 6.07) is 11.6. The lowest BCUT2D eigenvalue weighted by Crippen LogP contribution is -2.72. The molecule has 162 valence electrons. The van der Waals surface area contributed by atoms with Crippen molar-refractivity contribution in [2.24, 2.45) is 11.8 Å². The molecule has 2 aromatic carbocycles. The van der Waals surface area contributed by atoms with Crippen LogP contribution in [0, 0.1) is 11.8 Å². The molecule has 31 heavy (non-hydrogen) atoms. The highest BCUT2D eigenvalue weighted by Gasteiger charge is 2.48. The fourth-order valence-corrected chi connectivity index (χ4v) is 4.10. The molecule has 2 aliphatic heterocycles. The Labute approximate surface area is 193 Å². The third-order valence-corrected chi connectivity index (χ3v) is 6.12. The maximum Gasteiger partial charge on any atom is 0.229 e. The Bertz CT molecular complexity index is 1030. The summed E-state index contributed by atoms with van der Waals surface area (Å²) in [5.41, 5.74) is 1.14. The van der Waals surface area contributed by atoms with Gasteiger partial charge in [0.05, 0.1) is 28.0 Å². The smallest absolute Gasteiger partial charge is 0.229 e. The average Bonchev–Trinajstić information content (AvgIpc) is 2.71. The predicted molar refractivity (Wildman–Crippen MR) is 119 cm³/mol. The second kappa shape index (κ2) is 8.92. The minimum absolute atomic E-state index is 0.112. The van der Waals surface area contributed by atoms with Gasteiger partial charge in [-0.15, -0.1) is 0 Å². The molecule has 8 nitrogen and oxygen atoms in total. The monoisotopic (exact) mass is 481 g/mol. The Morgan fingerprint density at radius 3 is 2.35 bits per heavy atom. The van der Waals surface area contributed by atoms with E-state index in [1.165, 1.54) is 6.07 Å². The highest BCUT2D eigenvalue weighted by Crippen LogP contribution is 2.30. The molecule has 0 radical (unpaired) electrons. The van der Waals surface area contributed by atoms with Gasteiger partial charge < -0.3 is 21.3 Å². The molecule has 4 rings (SSSR count). The number of amides is 3. The van der Waals surface area contributed by atoms with Crippen LogP contribution in [0.15, 0.2) is 42.5 Å². The van der Waals surface area contributed by atoms with E-state index in [1.807, 2.05) is 0 Å². The van der Waals surface area contributed by atoms with Crippen LogP contribution in [0.3, 0.4) is 0 Å². The highest BCUT2D eigenvalue weighted by atomic mass is 35.5. The van der Waals surface area contributed by atoms with Crippen LogP contribution in [0.25, 0.3) is 0 Å². The SMILES string of the molecule is O=C1CC(C(=O)Nc2ccc(Cl)c(Cl)c2)C2C(=O)NC(Nc3ccc(Cl)cc3)NC2N1. The van der Waals surface area contributed by atoms with Crippen molar-refractivity contribution in [2.75, 3.05) is 10.6 Å². The predicted octanol–water partition coefficient (Wildman–Crippen LogP) is 2.78. The lowest BCUT2D eigenvalue weighted by Gasteiger charge is -2.43. The van der Waals surface area contributed by atoms with Crippen LogP contribution in [0.4, 0.5) is 11.4 Å². The van der Waals surface area contributed by atoms with Crippen molar-refractivity contribution in [1.29, 1.82) is 0 Å². The van der Waals surface area contributed by atoms with Gasteiger partial charge in [0.1, 0.15) is 0 Å². The third kappa shape index (κ3) is 4.88. The van der Waals surface area contributed by atoms with Crippen LogP contribution in [0.2, 0.25) is 15.1 Å². The molecular formula is C20H18Cl3N5O3. The van der Waals surface area contributed by atoms with Crippen LogP contribution in [-0.4, -0.2) is 30.2 Å². The molecule has 5 N–H and O–H groups in total. The highest BCUT2D eigenvalue weighted by molar-refractivity contribution is 6.42. The van der Waals surface area contributed by atoms with Gasteiger partial charge in [-0.25, -0.2) is 0 Å². The van der Waals surface area contributed by atoms with E-state index < -0.39 is 30.2 Å². The average molecular weight is 483 g/mol. The van der Waals surface area contributed by atoms with Gasteiger partial charge in [0.15, 0.2) is 6.29 Å². The van der Waals surface area contributed by atoms with Gasteiger partial charge in [-0.05, 0) is 42.5 Å². The maximum absolute atomic E-state index is 12.9. The van der Waals surface area contributed by atoms with E-state index in [0.717, 1.165) is 5.69 Å². The molecule has 11 heteroatoms. The summed E-state index contributed by atoms with van der Waals surface area (Å²) in [4.78, 5) is 38.0. The number of benzene rings is 2. The van der Waals surface area contributed by atoms with Crippen LogP contribution < -0.4 is 26.6 Å². The number of piperidine rings is 1. The normalized spacial score (nSPS) is 25.1. The lowest BCUT2D eigenvalue weighted by molar-refractivity contribution is -0.144. The zero-order valence-corrected chi connectivity index (χ0v) is 18.2. The van der Waals surface area contributed by atoms with Crippen molar-refractivity contribution in [1.82, 2.24) is 16.0 Å². The van der Waals surface area contributed by atoms with Crippen molar-refractivity contribution in [3.8, 4) is 0 Å². The summed E-state index contributed by atoms with van der Waals surface area (Å²) >= 11 is 17.8. The van der Waals surface area contributed by atoms with Gasteiger partial charge in [-0.1, -0.05) is 34.8 Å². The van der Waals surface area contributed by atoms with Gasteiger partial charge in [0.2, 0.25) is 17.7 Å². The molecule has 0 spiro atoms. The number of carbonyl (C=O) groups is 3. The summed E-state index contributed by atoms with van der Waals surface area (Å²) in [6.45, 7) is 0. The Morgan fingerprint density at radius 2 is 1.65 bits per heavy atom. The van der Waals surface area contributed by atoms with Crippen molar-refractivity contribution < 1.29 is 14.4 Å². The number of halogens is 3. The minimum atomic E-state index is -0.864. The molecular weight excluding hydrogens is 465 g/mol. The number of nitrogens with one attached hydrogen (secondary N) is 5. The first-order valence-corrected chi connectivity index (χ1v) is 10.6. The molecule has 3 amide bonds. The number of rotatable bonds is 4. The molecule has 2 heterocycles. The van der Waals surface area contributed by atoms with Gasteiger partial charge in [0, 0.05) is 22.8 Å². The number of hydrogen-bond donors (Lipinski definition) is 5. The van der Waals surface area contributed by atoms with Gasteiger partial charge in [0.25, 0.3) is 0 Å². The molecule has 2 saturated heterocycles. The summed E-state index contributed by atoms with van der Waals surface area (Å²) < 4.78 is 0. The van der Waals surface area contributed by atoms with Crippen molar-refractivity contribution in [3.63, 3.8) is 0 Å². The Kier molecular flexibility index (Phi) is 6.24. The van der Waals surface area contributed by atoms with E-state index in [9.17, 15) is 14.4 Å². The zero-order valence-electron chi connectivity index (χ0n) is 15.9. The molecule has 0 bridgehead atoms. The summed E-state index contributed by atoms with van der Waals surface area (Å²) in [7, 11) is 0. The summed E-state index contributed by atoms with van der Waals surface area (Å²) in [5.74, 6) is -2.79. The van der Waals surface area contributed by atoms with E-state index in [0.29, 0.717) is 15.7 Å². The van der Waals surface area contributed by atoms with Crippen molar-refractivity contribution >= 4 is 63.9 Å². The van der Waals surface area contributed by atoms with E-state index in [-0.39, 0.29) is 23.3 Å². The first kappa shape index (κ1) is 21.7. The molecule has 0 saturated carbocycles. The molecule has 2 aliphatic rings.